The minimum atomic E-state index is -0.626. The van der Waals surface area contributed by atoms with E-state index in [0.717, 1.165) is 38.4 Å². The summed E-state index contributed by atoms with van der Waals surface area (Å²) in [6.45, 7) is 5.43. The quantitative estimate of drug-likeness (QED) is 0.315. The zero-order chi connectivity index (χ0) is 19.8. The number of aliphatic imine (C=N–C) groups is 1. The molecule has 0 aliphatic carbocycles. The van der Waals surface area contributed by atoms with Gasteiger partial charge in [0.05, 0.1) is 13.2 Å². The van der Waals surface area contributed by atoms with Crippen LogP contribution in [0.4, 0.5) is 4.39 Å². The summed E-state index contributed by atoms with van der Waals surface area (Å²) in [5.41, 5.74) is 3.23. The standard InChI is InChI=1S/C21H27FN4O2.HI/c1-23-21(24-13-16-6-7-20(27)19(22)12-16)25-14-17-4-2-3-5-18(17)15-26-8-10-28-11-9-26;/h2-7,12,27H,8-11,13-15H2,1H3,(H2,23,24,25);1H. The first-order chi connectivity index (χ1) is 13.7. The van der Waals surface area contributed by atoms with Crippen LogP contribution >= 0.6 is 24.0 Å². The van der Waals surface area contributed by atoms with E-state index in [2.05, 4.69) is 38.7 Å². The molecule has 6 nitrogen and oxygen atoms in total. The third kappa shape index (κ3) is 7.13. The number of nitrogens with one attached hydrogen (secondary N) is 2. The summed E-state index contributed by atoms with van der Waals surface area (Å²) in [4.78, 5) is 6.63. The maximum Gasteiger partial charge on any atom is 0.191 e. The van der Waals surface area contributed by atoms with Crippen molar-refractivity contribution < 1.29 is 14.2 Å². The van der Waals surface area contributed by atoms with Gasteiger partial charge in [0.1, 0.15) is 0 Å². The van der Waals surface area contributed by atoms with Crippen molar-refractivity contribution in [1.29, 1.82) is 0 Å². The van der Waals surface area contributed by atoms with E-state index >= 15 is 0 Å². The molecule has 1 saturated heterocycles. The number of ether oxygens (including phenoxy) is 1. The Morgan fingerprint density at radius 3 is 2.48 bits per heavy atom. The summed E-state index contributed by atoms with van der Waals surface area (Å²) in [7, 11) is 1.70. The lowest BCUT2D eigenvalue weighted by Gasteiger charge is -2.27. The minimum Gasteiger partial charge on any atom is -0.505 e. The summed E-state index contributed by atoms with van der Waals surface area (Å²) in [5, 5.41) is 15.8. The van der Waals surface area contributed by atoms with E-state index in [4.69, 9.17) is 4.74 Å². The van der Waals surface area contributed by atoms with E-state index in [-0.39, 0.29) is 29.7 Å². The molecule has 0 radical (unpaired) electrons. The smallest absolute Gasteiger partial charge is 0.191 e. The van der Waals surface area contributed by atoms with E-state index < -0.39 is 5.82 Å². The highest BCUT2D eigenvalue weighted by atomic mass is 127. The molecule has 1 aliphatic rings. The molecule has 0 atom stereocenters. The Hall–Kier alpha value is -1.91. The molecule has 158 valence electrons. The van der Waals surface area contributed by atoms with Gasteiger partial charge in [-0.1, -0.05) is 30.3 Å². The van der Waals surface area contributed by atoms with Crippen molar-refractivity contribution in [3.63, 3.8) is 0 Å². The van der Waals surface area contributed by atoms with Crippen molar-refractivity contribution in [2.24, 2.45) is 4.99 Å². The SMILES string of the molecule is CN=C(NCc1ccc(O)c(F)c1)NCc1ccccc1CN1CCOCC1.I. The van der Waals surface area contributed by atoms with Gasteiger partial charge in [0.25, 0.3) is 0 Å². The van der Waals surface area contributed by atoms with Crippen molar-refractivity contribution in [3.05, 3.63) is 65.0 Å². The van der Waals surface area contributed by atoms with Crippen LogP contribution in [0.25, 0.3) is 0 Å². The highest BCUT2D eigenvalue weighted by Crippen LogP contribution is 2.16. The summed E-state index contributed by atoms with van der Waals surface area (Å²) >= 11 is 0. The Bertz CT molecular complexity index is 813. The van der Waals surface area contributed by atoms with Crippen molar-refractivity contribution in [1.82, 2.24) is 15.5 Å². The molecule has 0 saturated carbocycles. The van der Waals surface area contributed by atoms with Crippen molar-refractivity contribution >= 4 is 29.9 Å². The second-order valence-corrected chi connectivity index (χ2v) is 6.72. The number of halogens is 2. The molecular weight excluding hydrogens is 486 g/mol. The molecule has 2 aromatic rings. The first kappa shape index (κ1) is 23.4. The minimum absolute atomic E-state index is 0. The number of aromatic hydroxyl groups is 1. The van der Waals surface area contributed by atoms with E-state index in [1.165, 1.54) is 23.3 Å². The van der Waals surface area contributed by atoms with Gasteiger partial charge < -0.3 is 20.5 Å². The fraction of sp³-hybridized carbons (Fsp3) is 0.381. The van der Waals surface area contributed by atoms with Crippen LogP contribution in [0.1, 0.15) is 16.7 Å². The number of phenolic OH excluding ortho intramolecular Hbond substituents is 1. The number of rotatable bonds is 6. The van der Waals surface area contributed by atoms with Crippen molar-refractivity contribution in [3.8, 4) is 5.75 Å². The molecule has 0 spiro atoms. The van der Waals surface area contributed by atoms with Crippen LogP contribution in [0.5, 0.6) is 5.75 Å². The van der Waals surface area contributed by atoms with Gasteiger partial charge in [0, 0.05) is 39.8 Å². The van der Waals surface area contributed by atoms with E-state index in [9.17, 15) is 9.50 Å². The predicted octanol–water partition coefficient (Wildman–Crippen LogP) is 2.85. The monoisotopic (exact) mass is 514 g/mol. The maximum atomic E-state index is 13.5. The first-order valence-corrected chi connectivity index (χ1v) is 9.44. The number of phenols is 1. The van der Waals surface area contributed by atoms with Gasteiger partial charge in [-0.3, -0.25) is 9.89 Å². The van der Waals surface area contributed by atoms with Crippen LogP contribution in [0.15, 0.2) is 47.5 Å². The molecule has 1 heterocycles. The van der Waals surface area contributed by atoms with Gasteiger partial charge in [0.2, 0.25) is 0 Å². The molecule has 1 aliphatic heterocycles. The second kappa shape index (κ2) is 11.9. The fourth-order valence-electron chi connectivity index (χ4n) is 3.13. The number of morpholine rings is 1. The lowest BCUT2D eigenvalue weighted by atomic mass is 10.1. The van der Waals surface area contributed by atoms with Gasteiger partial charge in [-0.25, -0.2) is 4.39 Å². The highest BCUT2D eigenvalue weighted by Gasteiger charge is 2.13. The maximum absolute atomic E-state index is 13.5. The largest absolute Gasteiger partial charge is 0.505 e. The van der Waals surface area contributed by atoms with Gasteiger partial charge in [-0.15, -0.1) is 24.0 Å². The highest BCUT2D eigenvalue weighted by molar-refractivity contribution is 14.0. The zero-order valence-electron chi connectivity index (χ0n) is 16.5. The topological polar surface area (TPSA) is 69.1 Å². The van der Waals surface area contributed by atoms with Crippen LogP contribution in [0, 0.1) is 5.82 Å². The Morgan fingerprint density at radius 2 is 1.79 bits per heavy atom. The van der Waals surface area contributed by atoms with Crippen molar-refractivity contribution in [2.75, 3.05) is 33.4 Å². The molecule has 3 N–H and O–H groups in total. The summed E-state index contributed by atoms with van der Waals surface area (Å²) in [6.07, 6.45) is 0. The summed E-state index contributed by atoms with van der Waals surface area (Å²) < 4.78 is 18.9. The molecule has 0 aromatic heterocycles. The average molecular weight is 514 g/mol. The molecule has 0 amide bonds. The van der Waals surface area contributed by atoms with E-state index in [1.54, 1.807) is 13.1 Å². The molecular formula is C21H28FIN4O2. The Labute approximate surface area is 188 Å². The number of guanidine groups is 1. The van der Waals surface area contributed by atoms with E-state index in [1.807, 2.05) is 6.07 Å². The molecule has 8 heteroatoms. The number of hydrogen-bond donors (Lipinski definition) is 3. The normalized spacial score (nSPS) is 14.9. The van der Waals surface area contributed by atoms with Gasteiger partial charge in [-0.05, 0) is 28.8 Å². The lowest BCUT2D eigenvalue weighted by Crippen LogP contribution is -2.37. The van der Waals surface area contributed by atoms with Gasteiger partial charge >= 0.3 is 0 Å². The summed E-state index contributed by atoms with van der Waals surface area (Å²) in [6, 6.07) is 12.7. The predicted molar refractivity (Wildman–Crippen MR) is 123 cm³/mol. The average Bonchev–Trinajstić information content (AvgIpc) is 2.72. The van der Waals surface area contributed by atoms with Crippen molar-refractivity contribution in [2.45, 2.75) is 19.6 Å². The number of hydrogen-bond acceptors (Lipinski definition) is 4. The first-order valence-electron chi connectivity index (χ1n) is 9.44. The van der Waals surface area contributed by atoms with Gasteiger partial charge in [0.15, 0.2) is 17.5 Å². The van der Waals surface area contributed by atoms with Crippen LogP contribution in [-0.4, -0.2) is 49.3 Å². The zero-order valence-corrected chi connectivity index (χ0v) is 18.9. The van der Waals surface area contributed by atoms with Gasteiger partial charge in [-0.2, -0.15) is 0 Å². The molecule has 0 unspecified atom stereocenters. The van der Waals surface area contributed by atoms with E-state index in [0.29, 0.717) is 19.0 Å². The Balaban J connectivity index is 0.00000300. The molecule has 0 bridgehead atoms. The van der Waals surface area contributed by atoms with Crippen LogP contribution in [0.2, 0.25) is 0 Å². The Morgan fingerprint density at radius 1 is 1.10 bits per heavy atom. The van der Waals surface area contributed by atoms with Crippen LogP contribution < -0.4 is 10.6 Å². The molecule has 3 rings (SSSR count). The molecule has 1 fully saturated rings. The third-order valence-electron chi connectivity index (χ3n) is 4.76. The summed E-state index contributed by atoms with van der Waals surface area (Å²) in [5.74, 6) is -0.336. The third-order valence-corrected chi connectivity index (χ3v) is 4.76. The molecule has 2 aromatic carbocycles. The molecule has 29 heavy (non-hydrogen) atoms. The Kier molecular flexibility index (Phi) is 9.62. The van der Waals surface area contributed by atoms with Crippen LogP contribution in [0.3, 0.4) is 0 Å². The number of nitrogens with zero attached hydrogens (tertiary/aromatic N) is 2. The second-order valence-electron chi connectivity index (χ2n) is 6.72. The number of benzene rings is 2. The van der Waals surface area contributed by atoms with Crippen LogP contribution in [-0.2, 0) is 24.4 Å². The lowest BCUT2D eigenvalue weighted by molar-refractivity contribution is 0.0341. The fourth-order valence-corrected chi connectivity index (χ4v) is 3.13.